The number of carbonyl (C=O) groups excluding carboxylic acids is 3. The van der Waals surface area contributed by atoms with Crippen LogP contribution in [0.3, 0.4) is 0 Å². The maximum Gasteiger partial charge on any atom is 0.417 e. The molecule has 1 fully saturated rings. The first kappa shape index (κ1) is 40.6. The Labute approximate surface area is 278 Å². The molecule has 1 aliphatic heterocycles. The van der Waals surface area contributed by atoms with E-state index in [0.717, 1.165) is 30.0 Å². The van der Waals surface area contributed by atoms with E-state index in [2.05, 4.69) is 12.2 Å². The normalized spacial score (nSPS) is 13.3. The van der Waals surface area contributed by atoms with Crippen molar-refractivity contribution in [1.82, 2.24) is 10.2 Å². The molecule has 0 atom stereocenters. The summed E-state index contributed by atoms with van der Waals surface area (Å²) in [5.74, 6) is -0.398. The van der Waals surface area contributed by atoms with E-state index in [1.165, 1.54) is 96.8 Å². The zero-order valence-corrected chi connectivity index (χ0v) is 29.1. The highest BCUT2D eigenvalue weighted by Crippen LogP contribution is 2.29. The molecular formula is C35H60ClN3O6. The molecule has 45 heavy (non-hydrogen) atoms. The molecule has 0 aromatic carbocycles. The summed E-state index contributed by atoms with van der Waals surface area (Å²) in [6.07, 6.45) is 21.7. The Balaban J connectivity index is 0.0000101. The van der Waals surface area contributed by atoms with E-state index in [-0.39, 0.29) is 32.2 Å². The summed E-state index contributed by atoms with van der Waals surface area (Å²) < 4.78 is 18.3. The van der Waals surface area contributed by atoms with Crippen LogP contribution in [0.5, 0.6) is 0 Å². The van der Waals surface area contributed by atoms with Gasteiger partial charge >= 0.3 is 12.2 Å². The van der Waals surface area contributed by atoms with Crippen LogP contribution in [0, 0.1) is 5.41 Å². The summed E-state index contributed by atoms with van der Waals surface area (Å²) in [6.45, 7) is 7.76. The molecule has 1 aromatic rings. The summed E-state index contributed by atoms with van der Waals surface area (Å²) in [6, 6.07) is 5.65. The molecule has 0 spiro atoms. The predicted molar refractivity (Wildman–Crippen MR) is 172 cm³/mol. The van der Waals surface area contributed by atoms with Crippen molar-refractivity contribution in [2.45, 2.75) is 137 Å². The number of carbonyl (C=O) groups is 3. The first-order chi connectivity index (χ1) is 21.4. The fourth-order valence-electron chi connectivity index (χ4n) is 5.46. The van der Waals surface area contributed by atoms with Crippen LogP contribution in [0.15, 0.2) is 24.4 Å². The van der Waals surface area contributed by atoms with Gasteiger partial charge in [0, 0.05) is 25.6 Å². The standard InChI is InChI=1S/C35H59N3O6.ClH/c1-4-6-7-8-9-10-11-12-13-14-15-16-17-18-19-21-24-36-33(40)43-29-35(27-42-28-35)30-44-34(41)38(31(3)39)26-32-23-20-22-25-37(32)5-2;/h20,22-23,25H,4-19,21,24,26-30H2,1-3H3;1H. The fraction of sp³-hybridized carbons (Fsp3) is 0.771. The molecule has 0 radical (unpaired) electrons. The lowest BCUT2D eigenvalue weighted by atomic mass is 9.88. The number of unbranched alkanes of at least 4 members (excludes halogenated alkanes) is 15. The summed E-state index contributed by atoms with van der Waals surface area (Å²) in [5.41, 5.74) is 0.230. The van der Waals surface area contributed by atoms with E-state index >= 15 is 0 Å². The highest BCUT2D eigenvalue weighted by atomic mass is 35.5. The summed E-state index contributed by atoms with van der Waals surface area (Å²) >= 11 is 0. The number of amides is 3. The summed E-state index contributed by atoms with van der Waals surface area (Å²) in [7, 11) is 0. The van der Waals surface area contributed by atoms with Crippen molar-refractivity contribution >= 4 is 18.1 Å². The van der Waals surface area contributed by atoms with Crippen molar-refractivity contribution in [3.8, 4) is 0 Å². The molecule has 1 aromatic heterocycles. The Bertz CT molecular complexity index is 959. The predicted octanol–water partition coefficient (Wildman–Crippen LogP) is 4.49. The van der Waals surface area contributed by atoms with Gasteiger partial charge in [0.25, 0.3) is 0 Å². The van der Waals surface area contributed by atoms with Gasteiger partial charge in [0.15, 0.2) is 6.20 Å². The van der Waals surface area contributed by atoms with Gasteiger partial charge in [0.1, 0.15) is 26.3 Å². The molecule has 10 heteroatoms. The largest absolute Gasteiger partial charge is 1.00 e. The number of rotatable bonds is 24. The topological polar surface area (TPSA) is 98.0 Å². The van der Waals surface area contributed by atoms with Gasteiger partial charge in [-0.2, -0.15) is 0 Å². The van der Waals surface area contributed by atoms with Gasteiger partial charge in [-0.25, -0.2) is 19.1 Å². The van der Waals surface area contributed by atoms with Crippen molar-refractivity contribution in [2.75, 3.05) is 33.0 Å². The number of pyridine rings is 1. The molecule has 3 amide bonds. The minimum Gasteiger partial charge on any atom is -1.00 e. The van der Waals surface area contributed by atoms with Crippen LogP contribution in [-0.2, 0) is 32.1 Å². The zero-order valence-electron chi connectivity index (χ0n) is 28.3. The van der Waals surface area contributed by atoms with Gasteiger partial charge < -0.3 is 31.9 Å². The van der Waals surface area contributed by atoms with Crippen LogP contribution in [0.2, 0.25) is 0 Å². The lowest BCUT2D eigenvalue weighted by Gasteiger charge is -2.40. The molecule has 2 rings (SSSR count). The van der Waals surface area contributed by atoms with E-state index < -0.39 is 23.5 Å². The van der Waals surface area contributed by atoms with Crippen LogP contribution >= 0.6 is 0 Å². The van der Waals surface area contributed by atoms with E-state index in [1.807, 2.05) is 35.9 Å². The lowest BCUT2D eigenvalue weighted by molar-refractivity contribution is -0.701. The molecule has 0 unspecified atom stereocenters. The number of aromatic nitrogens is 1. The van der Waals surface area contributed by atoms with Crippen LogP contribution in [0.1, 0.15) is 129 Å². The van der Waals surface area contributed by atoms with Crippen LogP contribution < -0.4 is 22.3 Å². The molecule has 258 valence electrons. The molecule has 2 heterocycles. The summed E-state index contributed by atoms with van der Waals surface area (Å²) in [5, 5.41) is 2.82. The van der Waals surface area contributed by atoms with Crippen molar-refractivity contribution < 1.29 is 45.6 Å². The third kappa shape index (κ3) is 17.2. The number of nitrogens with zero attached hydrogens (tertiary/aromatic N) is 2. The van der Waals surface area contributed by atoms with Gasteiger partial charge in [-0.3, -0.25) is 4.79 Å². The average Bonchev–Trinajstić information content (AvgIpc) is 3.00. The Morgan fingerprint density at radius 1 is 0.822 bits per heavy atom. The molecule has 1 N–H and O–H groups in total. The number of aryl methyl sites for hydroxylation is 1. The number of nitrogens with one attached hydrogen (secondary N) is 1. The van der Waals surface area contributed by atoms with Crippen LogP contribution in [0.4, 0.5) is 9.59 Å². The highest BCUT2D eigenvalue weighted by molar-refractivity contribution is 5.90. The maximum absolute atomic E-state index is 12.8. The minimum absolute atomic E-state index is 0. The SMILES string of the molecule is CCCCCCCCCCCCCCCCCCNC(=O)OCC1(COC(=O)N(Cc2cccc[n+]2CC)C(C)=O)COC1.[Cl-]. The molecule has 0 aliphatic carbocycles. The van der Waals surface area contributed by atoms with Crippen LogP contribution in [0.25, 0.3) is 0 Å². The maximum atomic E-state index is 12.8. The Morgan fingerprint density at radius 2 is 1.36 bits per heavy atom. The zero-order chi connectivity index (χ0) is 31.9. The lowest BCUT2D eigenvalue weighted by Crippen LogP contribution is -3.00. The minimum atomic E-state index is -0.719. The molecule has 1 aliphatic rings. The van der Waals surface area contributed by atoms with E-state index in [1.54, 1.807) is 0 Å². The number of halogens is 1. The van der Waals surface area contributed by atoms with E-state index in [0.29, 0.717) is 19.8 Å². The number of ether oxygens (including phenoxy) is 3. The quantitative estimate of drug-likeness (QED) is 0.131. The molecule has 1 saturated heterocycles. The van der Waals surface area contributed by atoms with Gasteiger partial charge in [-0.15, -0.1) is 0 Å². The molecule has 9 nitrogen and oxygen atoms in total. The van der Waals surface area contributed by atoms with Gasteiger partial charge in [0.05, 0.1) is 18.6 Å². The van der Waals surface area contributed by atoms with Crippen molar-refractivity contribution in [2.24, 2.45) is 5.41 Å². The molecular weight excluding hydrogens is 594 g/mol. The second-order valence-corrected chi connectivity index (χ2v) is 12.4. The third-order valence-corrected chi connectivity index (χ3v) is 8.42. The van der Waals surface area contributed by atoms with Gasteiger partial charge in [-0.05, 0) is 13.3 Å². The second-order valence-electron chi connectivity index (χ2n) is 12.4. The van der Waals surface area contributed by atoms with E-state index in [9.17, 15) is 14.4 Å². The smallest absolute Gasteiger partial charge is 0.417 e. The Kier molecular flexibility index (Phi) is 22.4. The first-order valence-corrected chi connectivity index (χ1v) is 17.3. The van der Waals surface area contributed by atoms with Crippen molar-refractivity contribution in [3.63, 3.8) is 0 Å². The number of alkyl carbamates (subject to hydrolysis) is 1. The monoisotopic (exact) mass is 653 g/mol. The summed E-state index contributed by atoms with van der Waals surface area (Å²) in [4.78, 5) is 38.4. The third-order valence-electron chi connectivity index (χ3n) is 8.42. The highest BCUT2D eigenvalue weighted by Gasteiger charge is 2.42. The van der Waals surface area contributed by atoms with Crippen molar-refractivity contribution in [3.05, 3.63) is 30.1 Å². The van der Waals surface area contributed by atoms with Crippen molar-refractivity contribution in [1.29, 1.82) is 0 Å². The van der Waals surface area contributed by atoms with Gasteiger partial charge in [0.2, 0.25) is 11.6 Å². The fourth-order valence-corrected chi connectivity index (χ4v) is 5.46. The molecule has 0 saturated carbocycles. The van der Waals surface area contributed by atoms with Gasteiger partial charge in [-0.1, -0.05) is 109 Å². The van der Waals surface area contributed by atoms with E-state index in [4.69, 9.17) is 14.2 Å². The molecule has 0 bridgehead atoms. The number of hydrogen-bond acceptors (Lipinski definition) is 6. The number of hydrogen-bond donors (Lipinski definition) is 1. The number of imide groups is 1. The average molecular weight is 654 g/mol. The first-order valence-electron chi connectivity index (χ1n) is 17.3. The Hall–Kier alpha value is -2.39. The van der Waals surface area contributed by atoms with Crippen LogP contribution in [-0.4, -0.2) is 56.0 Å². The second kappa shape index (κ2) is 24.8. The Morgan fingerprint density at radius 3 is 1.84 bits per heavy atom.